The third-order valence-electron chi connectivity index (χ3n) is 3.84. The van der Waals surface area contributed by atoms with Gasteiger partial charge < -0.3 is 10.1 Å². The van der Waals surface area contributed by atoms with Gasteiger partial charge in [0, 0.05) is 22.5 Å². The number of hydrogen-bond donors (Lipinski definition) is 1. The van der Waals surface area contributed by atoms with Gasteiger partial charge in [0.05, 0.1) is 6.61 Å². The van der Waals surface area contributed by atoms with E-state index in [1.165, 1.54) is 17.5 Å². The van der Waals surface area contributed by atoms with E-state index in [-0.39, 0.29) is 0 Å². The lowest BCUT2D eigenvalue weighted by molar-refractivity contribution is 0.342. The first-order valence-corrected chi connectivity index (χ1v) is 7.57. The van der Waals surface area contributed by atoms with E-state index in [1.807, 2.05) is 7.05 Å². The molecular weight excluding hydrogens is 290 g/mol. The molecule has 2 atom stereocenters. The Labute approximate surface area is 118 Å². The summed E-state index contributed by atoms with van der Waals surface area (Å²) in [5.41, 5.74) is 2.64. The fourth-order valence-electron chi connectivity index (χ4n) is 2.53. The van der Waals surface area contributed by atoms with Gasteiger partial charge in [-0.3, -0.25) is 0 Å². The summed E-state index contributed by atoms with van der Waals surface area (Å²) in [7, 11) is 2.04. The smallest absolute Gasteiger partial charge is 0.127 e. The van der Waals surface area contributed by atoms with E-state index in [0.717, 1.165) is 35.6 Å². The highest BCUT2D eigenvalue weighted by molar-refractivity contribution is 9.10. The van der Waals surface area contributed by atoms with E-state index in [0.29, 0.717) is 6.04 Å². The number of hydrogen-bond acceptors (Lipinski definition) is 2. The average Bonchev–Trinajstić information content (AvgIpc) is 2.82. The fraction of sp³-hybridized carbons (Fsp3) is 0.600. The maximum Gasteiger partial charge on any atom is 0.127 e. The minimum Gasteiger partial charge on any atom is -0.493 e. The molecule has 1 heterocycles. The van der Waals surface area contributed by atoms with Crippen molar-refractivity contribution < 1.29 is 4.74 Å². The van der Waals surface area contributed by atoms with Crippen LogP contribution in [-0.4, -0.2) is 13.7 Å². The number of fused-ring (bicyclic) bond motifs is 1. The summed E-state index contributed by atoms with van der Waals surface area (Å²) in [6.07, 6.45) is 3.40. The van der Waals surface area contributed by atoms with Crippen molar-refractivity contribution in [3.05, 3.63) is 27.7 Å². The summed E-state index contributed by atoms with van der Waals surface area (Å²) in [5.74, 6) is 1.83. The molecule has 0 aromatic heterocycles. The van der Waals surface area contributed by atoms with Gasteiger partial charge >= 0.3 is 0 Å². The highest BCUT2D eigenvalue weighted by atomic mass is 79.9. The summed E-state index contributed by atoms with van der Waals surface area (Å²) in [6, 6.07) is 4.76. The number of ether oxygens (including phenoxy) is 1. The van der Waals surface area contributed by atoms with E-state index < -0.39 is 0 Å². The molecule has 18 heavy (non-hydrogen) atoms. The van der Waals surface area contributed by atoms with Crippen LogP contribution in [0.4, 0.5) is 0 Å². The largest absolute Gasteiger partial charge is 0.493 e. The molecule has 0 amide bonds. The summed E-state index contributed by atoms with van der Waals surface area (Å²) in [4.78, 5) is 0. The molecule has 3 heteroatoms. The lowest BCUT2D eigenvalue weighted by Crippen LogP contribution is -2.19. The molecule has 0 fully saturated rings. The third-order valence-corrected chi connectivity index (χ3v) is 4.29. The molecule has 1 aliphatic rings. The van der Waals surface area contributed by atoms with Gasteiger partial charge in [0.2, 0.25) is 0 Å². The highest BCUT2D eigenvalue weighted by Gasteiger charge is 2.23. The molecule has 1 aliphatic heterocycles. The summed E-state index contributed by atoms with van der Waals surface area (Å²) in [6.45, 7) is 5.38. The topological polar surface area (TPSA) is 21.3 Å². The predicted octanol–water partition coefficient (Wildman–Crippen LogP) is 4.08. The highest BCUT2D eigenvalue weighted by Crippen LogP contribution is 2.38. The van der Waals surface area contributed by atoms with E-state index in [4.69, 9.17) is 4.74 Å². The molecule has 1 aromatic carbocycles. The molecule has 1 N–H and O–H groups in total. The number of halogens is 1. The van der Waals surface area contributed by atoms with Crippen LogP contribution >= 0.6 is 15.9 Å². The molecule has 2 nitrogen and oxygen atoms in total. The van der Waals surface area contributed by atoms with Crippen molar-refractivity contribution in [2.24, 2.45) is 5.92 Å². The minimum absolute atomic E-state index is 0.379. The van der Waals surface area contributed by atoms with Crippen LogP contribution < -0.4 is 10.1 Å². The second kappa shape index (κ2) is 6.07. The maximum absolute atomic E-state index is 5.82. The first kappa shape index (κ1) is 13.9. The Bertz CT molecular complexity index is 419. The van der Waals surface area contributed by atoms with Crippen LogP contribution in [0.2, 0.25) is 0 Å². The second-order valence-corrected chi connectivity index (χ2v) is 6.09. The first-order chi connectivity index (χ1) is 8.65. The van der Waals surface area contributed by atoms with Crippen molar-refractivity contribution in [2.75, 3.05) is 13.7 Å². The van der Waals surface area contributed by atoms with E-state index in [9.17, 15) is 0 Å². The summed E-state index contributed by atoms with van der Waals surface area (Å²) >= 11 is 3.61. The average molecular weight is 312 g/mol. The van der Waals surface area contributed by atoms with Crippen molar-refractivity contribution in [2.45, 2.75) is 39.2 Å². The molecule has 0 spiro atoms. The van der Waals surface area contributed by atoms with Crippen LogP contribution in [0.25, 0.3) is 0 Å². The molecule has 2 rings (SSSR count). The zero-order chi connectivity index (χ0) is 13.1. The second-order valence-electron chi connectivity index (χ2n) is 5.17. The van der Waals surface area contributed by atoms with Gasteiger partial charge in [-0.25, -0.2) is 0 Å². The number of nitrogens with one attached hydrogen (secondary N) is 1. The van der Waals surface area contributed by atoms with Crippen molar-refractivity contribution >= 4 is 15.9 Å². The lowest BCUT2D eigenvalue weighted by Gasteiger charge is -2.22. The summed E-state index contributed by atoms with van der Waals surface area (Å²) < 4.78 is 6.98. The molecule has 2 unspecified atom stereocenters. The maximum atomic E-state index is 5.82. The molecule has 0 radical (unpaired) electrons. The van der Waals surface area contributed by atoms with Gasteiger partial charge in [-0.15, -0.1) is 0 Å². The Hall–Kier alpha value is -0.540. The quantitative estimate of drug-likeness (QED) is 0.884. The first-order valence-electron chi connectivity index (χ1n) is 6.78. The zero-order valence-electron chi connectivity index (χ0n) is 11.4. The minimum atomic E-state index is 0.379. The molecule has 0 saturated heterocycles. The van der Waals surface area contributed by atoms with Gasteiger partial charge in [-0.1, -0.05) is 36.2 Å². The zero-order valence-corrected chi connectivity index (χ0v) is 13.0. The van der Waals surface area contributed by atoms with Crippen LogP contribution in [0.3, 0.4) is 0 Å². The van der Waals surface area contributed by atoms with E-state index in [1.54, 1.807) is 0 Å². The van der Waals surface area contributed by atoms with Crippen LogP contribution in [0.5, 0.6) is 5.75 Å². The van der Waals surface area contributed by atoms with Gasteiger partial charge in [0.25, 0.3) is 0 Å². The third kappa shape index (κ3) is 2.89. The fourth-order valence-corrected chi connectivity index (χ4v) is 3.05. The molecule has 1 aromatic rings. The number of benzene rings is 1. The van der Waals surface area contributed by atoms with E-state index in [2.05, 4.69) is 47.2 Å². The Kier molecular flexibility index (Phi) is 4.68. The monoisotopic (exact) mass is 311 g/mol. The Morgan fingerprint density at radius 3 is 2.89 bits per heavy atom. The van der Waals surface area contributed by atoms with Crippen molar-refractivity contribution in [3.63, 3.8) is 0 Å². The van der Waals surface area contributed by atoms with Gasteiger partial charge in [0.1, 0.15) is 5.75 Å². The number of rotatable bonds is 5. The molecule has 0 saturated carbocycles. The Morgan fingerprint density at radius 1 is 1.44 bits per heavy atom. The Morgan fingerprint density at radius 2 is 2.22 bits per heavy atom. The van der Waals surface area contributed by atoms with Crippen LogP contribution in [0.1, 0.15) is 43.9 Å². The van der Waals surface area contributed by atoms with Crippen LogP contribution in [0.15, 0.2) is 16.6 Å². The van der Waals surface area contributed by atoms with Gasteiger partial charge in [-0.2, -0.15) is 0 Å². The van der Waals surface area contributed by atoms with E-state index >= 15 is 0 Å². The SMILES string of the molecule is CCC(C)CC(NC)c1cc(Br)cc2c1OCC2. The van der Waals surface area contributed by atoms with Crippen molar-refractivity contribution in [1.82, 2.24) is 5.32 Å². The predicted molar refractivity (Wildman–Crippen MR) is 79.2 cm³/mol. The van der Waals surface area contributed by atoms with Crippen LogP contribution in [-0.2, 0) is 6.42 Å². The molecular formula is C15H22BrNO. The van der Waals surface area contributed by atoms with Gasteiger partial charge in [-0.05, 0) is 37.1 Å². The molecule has 100 valence electrons. The van der Waals surface area contributed by atoms with Crippen molar-refractivity contribution in [1.29, 1.82) is 0 Å². The van der Waals surface area contributed by atoms with Gasteiger partial charge in [0.15, 0.2) is 0 Å². The van der Waals surface area contributed by atoms with Crippen molar-refractivity contribution in [3.8, 4) is 5.75 Å². The molecule has 0 aliphatic carbocycles. The normalized spacial score (nSPS) is 17.1. The summed E-state index contributed by atoms with van der Waals surface area (Å²) in [5, 5.41) is 3.44. The lowest BCUT2D eigenvalue weighted by atomic mass is 9.92. The molecule has 0 bridgehead atoms. The standard InChI is InChI=1S/C15H22BrNO/c1-4-10(2)7-14(17-3)13-9-12(16)8-11-5-6-18-15(11)13/h8-10,14,17H,4-7H2,1-3H3. The van der Waals surface area contributed by atoms with Crippen LogP contribution in [0, 0.1) is 5.92 Å². The Balaban J connectivity index is 2.30.